The molecule has 4 nitrogen and oxygen atoms in total. The van der Waals surface area contributed by atoms with E-state index in [2.05, 4.69) is 34.5 Å². The lowest BCUT2D eigenvalue weighted by atomic mass is 9.89. The number of aromatic nitrogens is 1. The SMILES string of the molecule is CC(=O)[C@@H](c1ccccc1)N1CCC(CCCCCc2ccc3c(n2)NCCC3)CC1. The van der Waals surface area contributed by atoms with E-state index < -0.39 is 0 Å². The molecular weight excluding hydrogens is 382 g/mol. The summed E-state index contributed by atoms with van der Waals surface area (Å²) in [5.74, 6) is 2.19. The van der Waals surface area contributed by atoms with E-state index in [9.17, 15) is 4.79 Å². The summed E-state index contributed by atoms with van der Waals surface area (Å²) in [7, 11) is 0. The summed E-state index contributed by atoms with van der Waals surface area (Å²) in [6.07, 6.45) is 11.0. The van der Waals surface area contributed by atoms with Crippen LogP contribution in [0.3, 0.4) is 0 Å². The molecule has 0 saturated carbocycles. The molecule has 0 amide bonds. The van der Waals surface area contributed by atoms with E-state index in [1.165, 1.54) is 56.2 Å². The van der Waals surface area contributed by atoms with Gasteiger partial charge in [-0.15, -0.1) is 0 Å². The largest absolute Gasteiger partial charge is 0.370 e. The molecule has 0 radical (unpaired) electrons. The lowest BCUT2D eigenvalue weighted by Gasteiger charge is -2.36. The predicted octanol–water partition coefficient (Wildman–Crippen LogP) is 5.58. The van der Waals surface area contributed by atoms with Gasteiger partial charge in [-0.2, -0.15) is 0 Å². The molecule has 0 bridgehead atoms. The molecule has 0 spiro atoms. The molecule has 1 aromatic heterocycles. The van der Waals surface area contributed by atoms with Crippen LogP contribution in [0.5, 0.6) is 0 Å². The zero-order chi connectivity index (χ0) is 21.5. The molecule has 2 aromatic rings. The molecule has 1 atom stereocenters. The molecule has 2 aliphatic rings. The van der Waals surface area contributed by atoms with E-state index in [0.29, 0.717) is 0 Å². The highest BCUT2D eigenvalue weighted by atomic mass is 16.1. The van der Waals surface area contributed by atoms with E-state index in [0.717, 1.165) is 49.8 Å². The number of anilines is 1. The van der Waals surface area contributed by atoms with Gasteiger partial charge in [0.15, 0.2) is 5.78 Å². The molecule has 1 fully saturated rings. The van der Waals surface area contributed by atoms with Crippen LogP contribution < -0.4 is 5.32 Å². The second-order valence-corrected chi connectivity index (χ2v) is 9.34. The Bertz CT molecular complexity index is 843. The third kappa shape index (κ3) is 5.94. The van der Waals surface area contributed by atoms with Crippen LogP contribution >= 0.6 is 0 Å². The van der Waals surface area contributed by atoms with Gasteiger partial charge >= 0.3 is 0 Å². The first kappa shape index (κ1) is 22.0. The van der Waals surface area contributed by atoms with Crippen molar-refractivity contribution in [3.05, 3.63) is 59.3 Å². The highest BCUT2D eigenvalue weighted by Crippen LogP contribution is 2.30. The van der Waals surface area contributed by atoms with Crippen LogP contribution in [0.1, 0.15) is 74.7 Å². The standard InChI is InChI=1S/C27H37N3O/c1-21(31)26(23-10-5-3-6-11-23)30-19-16-22(17-20-30)9-4-2-7-13-25-15-14-24-12-8-18-28-27(24)29-25/h3,5-6,10-11,14-15,22,26H,2,4,7-9,12-13,16-20H2,1H3,(H,28,29)/t26-/m0/s1. The number of carbonyl (C=O) groups is 1. The van der Waals surface area contributed by atoms with Gasteiger partial charge in [-0.3, -0.25) is 9.69 Å². The van der Waals surface area contributed by atoms with Gasteiger partial charge in [0.2, 0.25) is 0 Å². The number of carbonyl (C=O) groups excluding carboxylic acids is 1. The topological polar surface area (TPSA) is 45.2 Å². The molecule has 0 aliphatic carbocycles. The fourth-order valence-corrected chi connectivity index (χ4v) is 5.26. The van der Waals surface area contributed by atoms with E-state index >= 15 is 0 Å². The zero-order valence-electron chi connectivity index (χ0n) is 19.0. The Balaban J connectivity index is 1.16. The number of nitrogens with one attached hydrogen (secondary N) is 1. The summed E-state index contributed by atoms with van der Waals surface area (Å²) in [5, 5.41) is 3.44. The average Bonchev–Trinajstić information content (AvgIpc) is 2.80. The Hall–Kier alpha value is -2.20. The van der Waals surface area contributed by atoms with Crippen LogP contribution in [-0.2, 0) is 17.6 Å². The number of rotatable bonds is 9. The number of benzene rings is 1. The molecule has 1 N–H and O–H groups in total. The molecule has 3 heterocycles. The number of ketones is 1. The van der Waals surface area contributed by atoms with Crippen LogP contribution in [0.15, 0.2) is 42.5 Å². The number of hydrogen-bond donors (Lipinski definition) is 1. The van der Waals surface area contributed by atoms with Gasteiger partial charge in [-0.25, -0.2) is 4.98 Å². The minimum atomic E-state index is -0.0687. The summed E-state index contributed by atoms with van der Waals surface area (Å²) < 4.78 is 0. The number of unbranched alkanes of at least 4 members (excludes halogenated alkanes) is 2. The molecule has 1 aromatic carbocycles. The molecule has 4 rings (SSSR count). The number of hydrogen-bond acceptors (Lipinski definition) is 4. The van der Waals surface area contributed by atoms with Crippen molar-refractivity contribution in [2.45, 2.75) is 70.8 Å². The fourth-order valence-electron chi connectivity index (χ4n) is 5.26. The normalized spacial score (nSPS) is 18.2. The monoisotopic (exact) mass is 419 g/mol. The van der Waals surface area contributed by atoms with Crippen molar-refractivity contribution in [1.29, 1.82) is 0 Å². The maximum atomic E-state index is 12.3. The Kier molecular flexibility index (Phi) is 7.74. The second-order valence-electron chi connectivity index (χ2n) is 9.34. The number of Topliss-reactive ketones (excluding diaryl/α,β-unsaturated/α-hetero) is 1. The van der Waals surface area contributed by atoms with Crippen molar-refractivity contribution < 1.29 is 4.79 Å². The smallest absolute Gasteiger partial charge is 0.151 e. The first-order valence-corrected chi connectivity index (χ1v) is 12.2. The first-order valence-electron chi connectivity index (χ1n) is 12.2. The Morgan fingerprint density at radius 2 is 1.90 bits per heavy atom. The molecule has 31 heavy (non-hydrogen) atoms. The summed E-state index contributed by atoms with van der Waals surface area (Å²) in [4.78, 5) is 19.5. The van der Waals surface area contributed by atoms with E-state index in [-0.39, 0.29) is 11.8 Å². The maximum Gasteiger partial charge on any atom is 0.151 e. The van der Waals surface area contributed by atoms with E-state index in [1.54, 1.807) is 6.92 Å². The van der Waals surface area contributed by atoms with Gasteiger partial charge in [0.05, 0.1) is 6.04 Å². The van der Waals surface area contributed by atoms with Crippen LogP contribution in [0.2, 0.25) is 0 Å². The van der Waals surface area contributed by atoms with E-state index in [4.69, 9.17) is 4.98 Å². The van der Waals surface area contributed by atoms with Crippen LogP contribution in [0, 0.1) is 5.92 Å². The zero-order valence-corrected chi connectivity index (χ0v) is 19.0. The Morgan fingerprint density at radius 1 is 1.10 bits per heavy atom. The molecule has 1 saturated heterocycles. The van der Waals surface area contributed by atoms with Crippen LogP contribution in [0.25, 0.3) is 0 Å². The number of nitrogens with zero attached hydrogens (tertiary/aromatic N) is 2. The summed E-state index contributed by atoms with van der Waals surface area (Å²) in [6, 6.07) is 14.7. The molecule has 166 valence electrons. The van der Waals surface area contributed by atoms with Gasteiger partial charge < -0.3 is 5.32 Å². The first-order chi connectivity index (χ1) is 15.2. The predicted molar refractivity (Wildman–Crippen MR) is 127 cm³/mol. The van der Waals surface area contributed by atoms with Crippen molar-refractivity contribution in [2.75, 3.05) is 25.0 Å². The molecule has 2 aliphatic heterocycles. The second kappa shape index (κ2) is 10.9. The van der Waals surface area contributed by atoms with Crippen molar-refractivity contribution in [1.82, 2.24) is 9.88 Å². The highest BCUT2D eigenvalue weighted by Gasteiger charge is 2.28. The molecule has 4 heteroatoms. The lowest BCUT2D eigenvalue weighted by Crippen LogP contribution is -2.39. The average molecular weight is 420 g/mol. The van der Waals surface area contributed by atoms with Gasteiger partial charge in [-0.05, 0) is 81.6 Å². The van der Waals surface area contributed by atoms with Crippen LogP contribution in [0.4, 0.5) is 5.82 Å². The number of likely N-dealkylation sites (tertiary alicyclic amines) is 1. The van der Waals surface area contributed by atoms with Gasteiger partial charge in [-0.1, -0.05) is 55.7 Å². The minimum Gasteiger partial charge on any atom is -0.370 e. The van der Waals surface area contributed by atoms with Gasteiger partial charge in [0.1, 0.15) is 5.82 Å². The van der Waals surface area contributed by atoms with Crippen molar-refractivity contribution >= 4 is 11.6 Å². The highest BCUT2D eigenvalue weighted by molar-refractivity contribution is 5.82. The van der Waals surface area contributed by atoms with Gasteiger partial charge in [0, 0.05) is 12.2 Å². The third-order valence-corrected chi connectivity index (χ3v) is 7.01. The summed E-state index contributed by atoms with van der Waals surface area (Å²) in [6.45, 7) is 4.86. The quantitative estimate of drug-likeness (QED) is 0.539. The molecular formula is C27H37N3O. The van der Waals surface area contributed by atoms with Crippen molar-refractivity contribution in [2.24, 2.45) is 5.92 Å². The number of fused-ring (bicyclic) bond motifs is 1. The Morgan fingerprint density at radius 3 is 2.68 bits per heavy atom. The van der Waals surface area contributed by atoms with Crippen molar-refractivity contribution in [3.63, 3.8) is 0 Å². The third-order valence-electron chi connectivity index (χ3n) is 7.01. The number of pyridine rings is 1. The minimum absolute atomic E-state index is 0.0687. The number of piperidine rings is 1. The van der Waals surface area contributed by atoms with Crippen molar-refractivity contribution in [3.8, 4) is 0 Å². The summed E-state index contributed by atoms with van der Waals surface area (Å²) in [5.41, 5.74) is 3.75. The fraction of sp³-hybridized carbons (Fsp3) is 0.556. The lowest BCUT2D eigenvalue weighted by molar-refractivity contribution is -0.123. The van der Waals surface area contributed by atoms with Crippen LogP contribution in [-0.4, -0.2) is 35.3 Å². The van der Waals surface area contributed by atoms with E-state index in [1.807, 2.05) is 18.2 Å². The number of aryl methyl sites for hydroxylation is 2. The van der Waals surface area contributed by atoms with Gasteiger partial charge in [0.25, 0.3) is 0 Å². The maximum absolute atomic E-state index is 12.3. The summed E-state index contributed by atoms with van der Waals surface area (Å²) >= 11 is 0. The molecule has 0 unspecified atom stereocenters. The Labute approximate surface area is 187 Å².